The van der Waals surface area contributed by atoms with Crippen LogP contribution in [-0.4, -0.2) is 25.3 Å². The van der Waals surface area contributed by atoms with Gasteiger partial charge in [-0.2, -0.15) is 0 Å². The van der Waals surface area contributed by atoms with Crippen LogP contribution in [0, 0.1) is 13.8 Å². The van der Waals surface area contributed by atoms with Crippen LogP contribution >= 0.6 is 0 Å². The molecule has 0 aliphatic rings. The van der Waals surface area contributed by atoms with Crippen LogP contribution in [0.15, 0.2) is 85.5 Å². The zero-order valence-corrected chi connectivity index (χ0v) is 17.8. The molecule has 1 N–H and O–H groups in total. The average molecular weight is 419 g/mol. The highest BCUT2D eigenvalue weighted by Crippen LogP contribution is 2.27. The second kappa shape index (κ2) is 8.07. The maximum absolute atomic E-state index is 13.0. The molecule has 0 atom stereocenters. The van der Waals surface area contributed by atoms with E-state index in [9.17, 15) is 4.79 Å². The number of hydrogen-bond donors (Lipinski definition) is 1. The summed E-state index contributed by atoms with van der Waals surface area (Å²) >= 11 is 0. The number of amides is 1. The zero-order chi connectivity index (χ0) is 22.1. The Labute approximate surface area is 185 Å². The molecule has 6 heteroatoms. The Kier molecular flexibility index (Phi) is 4.95. The second-order valence-corrected chi connectivity index (χ2v) is 7.68. The number of aryl methyl sites for hydroxylation is 2. The van der Waals surface area contributed by atoms with Gasteiger partial charge in [-0.05, 0) is 49.7 Å². The lowest BCUT2D eigenvalue weighted by Gasteiger charge is -2.11. The summed E-state index contributed by atoms with van der Waals surface area (Å²) in [5.41, 5.74) is 6.65. The number of imidazole rings is 1. The van der Waals surface area contributed by atoms with Gasteiger partial charge in [0.15, 0.2) is 5.82 Å². The normalized spacial score (nSPS) is 10.9. The zero-order valence-electron chi connectivity index (χ0n) is 17.8. The van der Waals surface area contributed by atoms with Gasteiger partial charge in [-0.25, -0.2) is 4.98 Å². The third-order valence-corrected chi connectivity index (χ3v) is 5.42. The lowest BCUT2D eigenvalue weighted by atomic mass is 10.0. The van der Waals surface area contributed by atoms with E-state index in [-0.39, 0.29) is 5.91 Å². The molecule has 0 saturated heterocycles. The Morgan fingerprint density at radius 2 is 1.75 bits per heavy atom. The first kappa shape index (κ1) is 19.6. The van der Waals surface area contributed by atoms with Crippen LogP contribution in [0.1, 0.15) is 21.5 Å². The minimum atomic E-state index is -0.150. The lowest BCUT2D eigenvalue weighted by Crippen LogP contribution is -2.13. The number of nitrogens with one attached hydrogen (secondary N) is 1. The molecule has 0 fully saturated rings. The van der Waals surface area contributed by atoms with E-state index < -0.39 is 0 Å². The molecule has 3 aromatic heterocycles. The second-order valence-electron chi connectivity index (χ2n) is 7.68. The third-order valence-electron chi connectivity index (χ3n) is 5.42. The molecular formula is C26H21N5O. The van der Waals surface area contributed by atoms with Crippen molar-refractivity contribution in [3.63, 3.8) is 0 Å². The largest absolute Gasteiger partial charge is 0.322 e. The quantitative estimate of drug-likeness (QED) is 0.427. The summed E-state index contributed by atoms with van der Waals surface area (Å²) in [6.45, 7) is 3.95. The van der Waals surface area contributed by atoms with Gasteiger partial charge in [-0.3, -0.25) is 19.2 Å². The topological polar surface area (TPSA) is 72.2 Å². The van der Waals surface area contributed by atoms with Gasteiger partial charge < -0.3 is 5.32 Å². The van der Waals surface area contributed by atoms with Gasteiger partial charge in [0, 0.05) is 35.4 Å². The van der Waals surface area contributed by atoms with Crippen molar-refractivity contribution in [2.24, 2.45) is 0 Å². The summed E-state index contributed by atoms with van der Waals surface area (Å²) in [6.07, 6.45) is 7.15. The fourth-order valence-electron chi connectivity index (χ4n) is 3.68. The van der Waals surface area contributed by atoms with E-state index in [0.717, 1.165) is 45.1 Å². The van der Waals surface area contributed by atoms with Crippen molar-refractivity contribution in [3.05, 3.63) is 102 Å². The molecule has 1 amide bonds. The van der Waals surface area contributed by atoms with Gasteiger partial charge in [0.1, 0.15) is 5.69 Å². The summed E-state index contributed by atoms with van der Waals surface area (Å²) in [5.74, 6) is 0.594. The van der Waals surface area contributed by atoms with Gasteiger partial charge in [0.05, 0.1) is 17.4 Å². The standard InChI is InChI=1S/C26H21N5O/c1-17-6-10-20(11-7-17)30-26(32)21-15-19(9-8-18(21)2)24-23-16-29-25(31(23)14-13-28-24)22-5-3-4-12-27-22/h3-16H,1-2H3,(H,30,32). The number of fused-ring (bicyclic) bond motifs is 1. The van der Waals surface area contributed by atoms with E-state index in [2.05, 4.69) is 20.3 Å². The van der Waals surface area contributed by atoms with Crippen LogP contribution < -0.4 is 5.32 Å². The summed E-state index contributed by atoms with van der Waals surface area (Å²) < 4.78 is 1.97. The Bertz CT molecular complexity index is 1420. The minimum absolute atomic E-state index is 0.150. The first-order valence-electron chi connectivity index (χ1n) is 10.3. The first-order valence-corrected chi connectivity index (χ1v) is 10.3. The van der Waals surface area contributed by atoms with E-state index in [0.29, 0.717) is 5.56 Å². The fourth-order valence-corrected chi connectivity index (χ4v) is 3.68. The molecule has 0 unspecified atom stereocenters. The van der Waals surface area contributed by atoms with Gasteiger partial charge in [0.2, 0.25) is 0 Å². The van der Waals surface area contributed by atoms with Crippen LogP contribution in [0.4, 0.5) is 5.69 Å². The molecule has 0 aliphatic heterocycles. The average Bonchev–Trinajstić information content (AvgIpc) is 3.26. The van der Waals surface area contributed by atoms with Crippen molar-refractivity contribution < 1.29 is 4.79 Å². The summed E-state index contributed by atoms with van der Waals surface area (Å²) in [6, 6.07) is 19.3. The highest BCUT2D eigenvalue weighted by Gasteiger charge is 2.15. The number of hydrogen-bond acceptors (Lipinski definition) is 4. The van der Waals surface area contributed by atoms with Crippen molar-refractivity contribution in [3.8, 4) is 22.8 Å². The maximum atomic E-state index is 13.0. The maximum Gasteiger partial charge on any atom is 0.255 e. The predicted molar refractivity (Wildman–Crippen MR) is 126 cm³/mol. The fraction of sp³-hybridized carbons (Fsp3) is 0.0769. The molecule has 0 bridgehead atoms. The van der Waals surface area contributed by atoms with Crippen LogP contribution in [0.5, 0.6) is 0 Å². The number of carbonyl (C=O) groups is 1. The summed E-state index contributed by atoms with van der Waals surface area (Å²) in [4.78, 5) is 26.6. The Hall–Kier alpha value is -4.32. The predicted octanol–water partition coefficient (Wildman–Crippen LogP) is 5.33. The molecule has 0 aliphatic carbocycles. The van der Waals surface area contributed by atoms with E-state index in [1.165, 1.54) is 0 Å². The Morgan fingerprint density at radius 1 is 0.906 bits per heavy atom. The van der Waals surface area contributed by atoms with E-state index >= 15 is 0 Å². The van der Waals surface area contributed by atoms with Crippen molar-refractivity contribution in [1.82, 2.24) is 19.4 Å². The highest BCUT2D eigenvalue weighted by molar-refractivity contribution is 6.06. The number of carbonyl (C=O) groups excluding carboxylic acids is 1. The van der Waals surface area contributed by atoms with Gasteiger partial charge >= 0.3 is 0 Å². The first-order chi connectivity index (χ1) is 15.6. The van der Waals surface area contributed by atoms with Crippen LogP contribution in [-0.2, 0) is 0 Å². The lowest BCUT2D eigenvalue weighted by molar-refractivity contribution is 0.102. The smallest absolute Gasteiger partial charge is 0.255 e. The van der Waals surface area contributed by atoms with Crippen LogP contribution in [0.3, 0.4) is 0 Å². The third kappa shape index (κ3) is 3.63. The Morgan fingerprint density at radius 3 is 2.53 bits per heavy atom. The summed E-state index contributed by atoms with van der Waals surface area (Å²) in [7, 11) is 0. The number of pyridine rings is 1. The molecule has 5 aromatic rings. The van der Waals surface area contributed by atoms with Crippen molar-refractivity contribution in [1.29, 1.82) is 0 Å². The Balaban J connectivity index is 1.54. The molecule has 5 rings (SSSR count). The number of benzene rings is 2. The molecule has 0 radical (unpaired) electrons. The summed E-state index contributed by atoms with van der Waals surface area (Å²) in [5, 5.41) is 2.98. The van der Waals surface area contributed by atoms with E-state index in [4.69, 9.17) is 0 Å². The highest BCUT2D eigenvalue weighted by atomic mass is 16.1. The number of aromatic nitrogens is 4. The van der Waals surface area contributed by atoms with E-state index in [1.54, 1.807) is 18.6 Å². The number of anilines is 1. The molecule has 156 valence electrons. The van der Waals surface area contributed by atoms with Crippen molar-refractivity contribution in [2.45, 2.75) is 13.8 Å². The van der Waals surface area contributed by atoms with Gasteiger partial charge in [-0.15, -0.1) is 0 Å². The molecule has 3 heterocycles. The molecule has 0 spiro atoms. The van der Waals surface area contributed by atoms with Crippen LogP contribution in [0.25, 0.3) is 28.3 Å². The van der Waals surface area contributed by atoms with Crippen molar-refractivity contribution >= 4 is 17.1 Å². The minimum Gasteiger partial charge on any atom is -0.322 e. The number of rotatable bonds is 4. The monoisotopic (exact) mass is 419 g/mol. The van der Waals surface area contributed by atoms with E-state index in [1.807, 2.05) is 85.1 Å². The van der Waals surface area contributed by atoms with Crippen LogP contribution in [0.2, 0.25) is 0 Å². The van der Waals surface area contributed by atoms with Gasteiger partial charge in [-0.1, -0.05) is 35.9 Å². The molecule has 2 aromatic carbocycles. The molecule has 32 heavy (non-hydrogen) atoms. The van der Waals surface area contributed by atoms with Gasteiger partial charge in [0.25, 0.3) is 5.91 Å². The molecule has 0 saturated carbocycles. The molecule has 6 nitrogen and oxygen atoms in total. The molecular weight excluding hydrogens is 398 g/mol. The SMILES string of the molecule is Cc1ccc(NC(=O)c2cc(-c3nccn4c(-c5ccccn5)ncc34)ccc2C)cc1. The van der Waals surface area contributed by atoms with Crippen molar-refractivity contribution in [2.75, 3.05) is 5.32 Å². The number of nitrogens with zero attached hydrogens (tertiary/aromatic N) is 4.